The van der Waals surface area contributed by atoms with Crippen LogP contribution in [0.2, 0.25) is 0 Å². The average Bonchev–Trinajstić information content (AvgIpc) is 2.25. The van der Waals surface area contributed by atoms with Crippen molar-refractivity contribution in [2.45, 2.75) is 71.9 Å². The molecule has 1 saturated carbocycles. The fourth-order valence-corrected chi connectivity index (χ4v) is 4.62. The molecule has 2 fully saturated rings. The van der Waals surface area contributed by atoms with Crippen LogP contribution >= 0.6 is 0 Å². The molecule has 106 valence electrons. The molecule has 18 heavy (non-hydrogen) atoms. The van der Waals surface area contributed by atoms with Crippen LogP contribution in [0.1, 0.15) is 59.8 Å². The highest BCUT2D eigenvalue weighted by Crippen LogP contribution is 2.47. The van der Waals surface area contributed by atoms with Crippen LogP contribution < -0.4 is 5.32 Å². The van der Waals surface area contributed by atoms with Gasteiger partial charge in [-0.25, -0.2) is 0 Å². The Morgan fingerprint density at radius 1 is 1.06 bits per heavy atom. The van der Waals surface area contributed by atoms with Crippen LogP contribution in [0.25, 0.3) is 0 Å². The lowest BCUT2D eigenvalue weighted by molar-refractivity contribution is 0.0111. The Balaban J connectivity index is 2.03. The van der Waals surface area contributed by atoms with Crippen molar-refractivity contribution in [1.29, 1.82) is 0 Å². The van der Waals surface area contributed by atoms with E-state index in [2.05, 4.69) is 45.0 Å². The number of hydrogen-bond acceptors (Lipinski definition) is 2. The van der Waals surface area contributed by atoms with Crippen molar-refractivity contribution in [2.75, 3.05) is 20.1 Å². The fraction of sp³-hybridized carbons (Fsp3) is 1.00. The Kier molecular flexibility index (Phi) is 4.08. The van der Waals surface area contributed by atoms with Gasteiger partial charge in [0, 0.05) is 18.6 Å². The minimum atomic E-state index is 0.513. The highest BCUT2D eigenvalue weighted by Gasteiger charge is 2.41. The van der Waals surface area contributed by atoms with Crippen LogP contribution in [0.4, 0.5) is 0 Å². The highest BCUT2D eigenvalue weighted by atomic mass is 15.2. The highest BCUT2D eigenvalue weighted by molar-refractivity contribution is 4.95. The number of likely N-dealkylation sites (tertiary alicyclic amines) is 1. The summed E-state index contributed by atoms with van der Waals surface area (Å²) in [6.07, 6.45) is 6.86. The molecule has 1 atom stereocenters. The van der Waals surface area contributed by atoms with Crippen LogP contribution in [-0.2, 0) is 0 Å². The molecule has 1 aliphatic heterocycles. The molecule has 0 spiro atoms. The van der Waals surface area contributed by atoms with Gasteiger partial charge in [0.05, 0.1) is 0 Å². The predicted octanol–water partition coefficient (Wildman–Crippen LogP) is 3.28. The standard InChI is InChI=1S/C16H32N2/c1-15(2)9-14(10-16(3,4)12-15)18-8-6-7-13(11-18)17-5/h13-14,17H,6-12H2,1-5H3. The second kappa shape index (κ2) is 5.13. The van der Waals surface area contributed by atoms with E-state index in [0.29, 0.717) is 16.9 Å². The number of likely N-dealkylation sites (N-methyl/N-ethyl adjacent to an activating group) is 1. The molecule has 0 aromatic rings. The van der Waals surface area contributed by atoms with Gasteiger partial charge in [0.15, 0.2) is 0 Å². The first kappa shape index (κ1) is 14.3. The SMILES string of the molecule is CNC1CCCN(C2CC(C)(C)CC(C)(C)C2)C1. The Labute approximate surface area is 114 Å². The monoisotopic (exact) mass is 252 g/mol. The minimum Gasteiger partial charge on any atom is -0.316 e. The molecular formula is C16H32N2. The number of rotatable bonds is 2. The van der Waals surface area contributed by atoms with E-state index in [1.54, 1.807) is 0 Å². The molecular weight excluding hydrogens is 220 g/mol. The van der Waals surface area contributed by atoms with Crippen LogP contribution in [0.5, 0.6) is 0 Å². The van der Waals surface area contributed by atoms with E-state index in [-0.39, 0.29) is 0 Å². The molecule has 1 N–H and O–H groups in total. The number of hydrogen-bond donors (Lipinski definition) is 1. The van der Waals surface area contributed by atoms with Crippen molar-refractivity contribution >= 4 is 0 Å². The maximum Gasteiger partial charge on any atom is 0.0192 e. The lowest BCUT2D eigenvalue weighted by Gasteiger charge is -2.50. The summed E-state index contributed by atoms with van der Waals surface area (Å²) < 4.78 is 0. The first-order valence-electron chi connectivity index (χ1n) is 7.73. The van der Waals surface area contributed by atoms with Gasteiger partial charge in [-0.3, -0.25) is 4.90 Å². The molecule has 2 nitrogen and oxygen atoms in total. The molecule has 2 heteroatoms. The lowest BCUT2D eigenvalue weighted by Crippen LogP contribution is -2.52. The van der Waals surface area contributed by atoms with Crippen LogP contribution in [-0.4, -0.2) is 37.1 Å². The Bertz CT molecular complexity index is 267. The maximum absolute atomic E-state index is 3.47. The van der Waals surface area contributed by atoms with E-state index in [1.807, 2.05) is 0 Å². The molecule has 0 aromatic heterocycles. The van der Waals surface area contributed by atoms with E-state index >= 15 is 0 Å². The third-order valence-electron chi connectivity index (χ3n) is 4.91. The van der Waals surface area contributed by atoms with Crippen molar-refractivity contribution in [1.82, 2.24) is 10.2 Å². The predicted molar refractivity (Wildman–Crippen MR) is 78.9 cm³/mol. The fourth-order valence-electron chi connectivity index (χ4n) is 4.62. The molecule has 2 rings (SSSR count). The molecule has 0 aromatic carbocycles. The largest absolute Gasteiger partial charge is 0.316 e. The minimum absolute atomic E-state index is 0.513. The topological polar surface area (TPSA) is 15.3 Å². The zero-order valence-corrected chi connectivity index (χ0v) is 13.1. The third kappa shape index (κ3) is 3.48. The number of nitrogens with one attached hydrogen (secondary N) is 1. The summed E-state index contributed by atoms with van der Waals surface area (Å²) in [5, 5.41) is 3.47. The summed E-state index contributed by atoms with van der Waals surface area (Å²) in [5.74, 6) is 0. The quantitative estimate of drug-likeness (QED) is 0.811. The van der Waals surface area contributed by atoms with Gasteiger partial charge in [0.2, 0.25) is 0 Å². The van der Waals surface area contributed by atoms with Gasteiger partial charge >= 0.3 is 0 Å². The smallest absolute Gasteiger partial charge is 0.0192 e. The van der Waals surface area contributed by atoms with Crippen molar-refractivity contribution in [3.05, 3.63) is 0 Å². The van der Waals surface area contributed by atoms with Gasteiger partial charge in [0.1, 0.15) is 0 Å². The first-order chi connectivity index (χ1) is 8.31. The second-order valence-electron chi connectivity index (χ2n) is 8.19. The Morgan fingerprint density at radius 3 is 2.22 bits per heavy atom. The molecule has 0 radical (unpaired) electrons. The summed E-state index contributed by atoms with van der Waals surface area (Å²) in [4.78, 5) is 2.77. The van der Waals surface area contributed by atoms with Crippen molar-refractivity contribution in [2.24, 2.45) is 10.8 Å². The van der Waals surface area contributed by atoms with Crippen molar-refractivity contribution < 1.29 is 0 Å². The average molecular weight is 252 g/mol. The molecule has 1 unspecified atom stereocenters. The Morgan fingerprint density at radius 2 is 1.67 bits per heavy atom. The molecule has 0 amide bonds. The van der Waals surface area contributed by atoms with Gasteiger partial charge in [0.25, 0.3) is 0 Å². The third-order valence-corrected chi connectivity index (χ3v) is 4.91. The van der Waals surface area contributed by atoms with Gasteiger partial charge in [-0.05, 0) is 56.5 Å². The van der Waals surface area contributed by atoms with Crippen LogP contribution in [0, 0.1) is 10.8 Å². The van der Waals surface area contributed by atoms with E-state index in [1.165, 1.54) is 45.2 Å². The van der Waals surface area contributed by atoms with E-state index in [0.717, 1.165) is 6.04 Å². The van der Waals surface area contributed by atoms with Gasteiger partial charge in [-0.1, -0.05) is 27.7 Å². The summed E-state index contributed by atoms with van der Waals surface area (Å²) in [6, 6.07) is 1.52. The summed E-state index contributed by atoms with van der Waals surface area (Å²) in [5.41, 5.74) is 1.03. The molecule has 2 aliphatic rings. The normalized spacial score (nSPS) is 33.5. The Hall–Kier alpha value is -0.0800. The van der Waals surface area contributed by atoms with E-state index in [4.69, 9.17) is 0 Å². The second-order valence-corrected chi connectivity index (χ2v) is 8.19. The van der Waals surface area contributed by atoms with Gasteiger partial charge < -0.3 is 5.32 Å². The number of piperidine rings is 1. The lowest BCUT2D eigenvalue weighted by atomic mass is 9.63. The summed E-state index contributed by atoms with van der Waals surface area (Å²) >= 11 is 0. The summed E-state index contributed by atoms with van der Waals surface area (Å²) in [7, 11) is 2.11. The van der Waals surface area contributed by atoms with Crippen LogP contribution in [0.3, 0.4) is 0 Å². The zero-order valence-electron chi connectivity index (χ0n) is 13.1. The van der Waals surface area contributed by atoms with E-state index in [9.17, 15) is 0 Å². The van der Waals surface area contributed by atoms with Crippen LogP contribution in [0.15, 0.2) is 0 Å². The van der Waals surface area contributed by atoms with Gasteiger partial charge in [-0.2, -0.15) is 0 Å². The molecule has 1 aliphatic carbocycles. The first-order valence-corrected chi connectivity index (χ1v) is 7.73. The van der Waals surface area contributed by atoms with Gasteiger partial charge in [-0.15, -0.1) is 0 Å². The molecule has 1 saturated heterocycles. The zero-order chi connectivity index (χ0) is 13.4. The molecule has 0 bridgehead atoms. The van der Waals surface area contributed by atoms with E-state index < -0.39 is 0 Å². The van der Waals surface area contributed by atoms with Crippen molar-refractivity contribution in [3.8, 4) is 0 Å². The number of nitrogens with zero attached hydrogens (tertiary/aromatic N) is 1. The summed E-state index contributed by atoms with van der Waals surface area (Å²) in [6.45, 7) is 12.4. The maximum atomic E-state index is 3.47. The molecule has 1 heterocycles. The van der Waals surface area contributed by atoms with Crippen molar-refractivity contribution in [3.63, 3.8) is 0 Å².